The number of pyridine rings is 1. The van der Waals surface area contributed by atoms with Crippen molar-refractivity contribution in [3.05, 3.63) is 47.1 Å². The number of rotatable bonds is 5. The van der Waals surface area contributed by atoms with Crippen LogP contribution in [0.1, 0.15) is 17.0 Å². The summed E-state index contributed by atoms with van der Waals surface area (Å²) in [4.78, 5) is 22.4. The Hall–Kier alpha value is -2.68. The van der Waals surface area contributed by atoms with Gasteiger partial charge in [-0.15, -0.1) is 11.3 Å². The Kier molecular flexibility index (Phi) is 5.31. The minimum absolute atomic E-state index is 0.182. The van der Waals surface area contributed by atoms with Crippen molar-refractivity contribution >= 4 is 39.0 Å². The van der Waals surface area contributed by atoms with Crippen molar-refractivity contribution in [3.63, 3.8) is 0 Å². The summed E-state index contributed by atoms with van der Waals surface area (Å²) in [5.74, 6) is 0.574. The van der Waals surface area contributed by atoms with Crippen molar-refractivity contribution in [3.8, 4) is 0 Å². The third kappa shape index (κ3) is 4.73. The van der Waals surface area contributed by atoms with Crippen LogP contribution in [0.5, 0.6) is 0 Å². The number of nitrogens with zero attached hydrogens (tertiary/aromatic N) is 3. The number of fused-ring (bicyclic) bond motifs is 1. The second kappa shape index (κ2) is 7.51. The lowest BCUT2D eigenvalue weighted by atomic mass is 10.2. The largest absolute Gasteiger partial charge is 0.416 e. The van der Waals surface area contributed by atoms with Crippen LogP contribution in [0.25, 0.3) is 10.2 Å². The molecule has 0 aliphatic rings. The lowest BCUT2D eigenvalue weighted by molar-refractivity contribution is -0.137. The molecule has 0 saturated carbocycles. The number of alkyl halides is 3. The summed E-state index contributed by atoms with van der Waals surface area (Å²) in [5.41, 5.74) is 0.164. The molecule has 1 N–H and O–H groups in total. The third-order valence-electron chi connectivity index (χ3n) is 3.81. The first kappa shape index (κ1) is 19.1. The molecule has 0 saturated heterocycles. The highest BCUT2D eigenvalue weighted by Gasteiger charge is 2.30. The molecule has 3 rings (SSSR count). The summed E-state index contributed by atoms with van der Waals surface area (Å²) in [6.45, 7) is 0. The molecule has 1 aromatic carbocycles. The molecule has 1 amide bonds. The molecule has 2 heterocycles. The highest BCUT2D eigenvalue weighted by atomic mass is 32.1. The molecule has 3 aromatic rings. The molecule has 0 unspecified atom stereocenters. The van der Waals surface area contributed by atoms with E-state index >= 15 is 0 Å². The molecule has 0 radical (unpaired) electrons. The van der Waals surface area contributed by atoms with Gasteiger partial charge >= 0.3 is 6.18 Å². The van der Waals surface area contributed by atoms with Crippen molar-refractivity contribution in [2.45, 2.75) is 19.0 Å². The second-order valence-corrected chi connectivity index (χ2v) is 7.25. The van der Waals surface area contributed by atoms with E-state index < -0.39 is 11.7 Å². The lowest BCUT2D eigenvalue weighted by Crippen LogP contribution is -2.14. The topological polar surface area (TPSA) is 58.1 Å². The maximum Gasteiger partial charge on any atom is 0.416 e. The Morgan fingerprint density at radius 2 is 2.00 bits per heavy atom. The first-order valence-corrected chi connectivity index (χ1v) is 8.94. The third-order valence-corrected chi connectivity index (χ3v) is 4.91. The van der Waals surface area contributed by atoms with E-state index in [1.807, 2.05) is 19.0 Å². The zero-order valence-corrected chi connectivity index (χ0v) is 15.5. The van der Waals surface area contributed by atoms with E-state index in [4.69, 9.17) is 0 Å². The zero-order valence-electron chi connectivity index (χ0n) is 14.7. The molecular formula is C18H17F3N4OS. The van der Waals surface area contributed by atoms with Crippen molar-refractivity contribution in [2.24, 2.45) is 0 Å². The number of anilines is 2. The maximum atomic E-state index is 12.8. The number of amides is 1. The molecule has 2 aromatic heterocycles. The normalized spacial score (nSPS) is 11.6. The van der Waals surface area contributed by atoms with Gasteiger partial charge in [0.15, 0.2) is 0 Å². The van der Waals surface area contributed by atoms with E-state index in [-0.39, 0.29) is 12.3 Å². The van der Waals surface area contributed by atoms with Gasteiger partial charge in [-0.05, 0) is 30.3 Å². The average molecular weight is 394 g/mol. The molecule has 9 heteroatoms. The Balaban J connectivity index is 1.61. The van der Waals surface area contributed by atoms with Gasteiger partial charge in [-0.2, -0.15) is 13.2 Å². The van der Waals surface area contributed by atoms with Crippen LogP contribution in [-0.2, 0) is 17.4 Å². The van der Waals surface area contributed by atoms with Crippen LogP contribution < -0.4 is 10.2 Å². The minimum atomic E-state index is -4.39. The van der Waals surface area contributed by atoms with Gasteiger partial charge in [0, 0.05) is 26.9 Å². The first-order chi connectivity index (χ1) is 12.7. The zero-order chi connectivity index (χ0) is 19.6. The molecule has 142 valence electrons. The Morgan fingerprint density at radius 1 is 1.22 bits per heavy atom. The van der Waals surface area contributed by atoms with Gasteiger partial charge in [-0.1, -0.05) is 0 Å². The molecule has 0 atom stereocenters. The number of halogens is 3. The predicted octanol–water partition coefficient (Wildman–Crippen LogP) is 4.35. The van der Waals surface area contributed by atoms with E-state index in [0.29, 0.717) is 27.3 Å². The Labute approximate surface area is 157 Å². The van der Waals surface area contributed by atoms with Gasteiger partial charge in [-0.25, -0.2) is 9.97 Å². The maximum absolute atomic E-state index is 12.8. The summed E-state index contributed by atoms with van der Waals surface area (Å²) in [7, 11) is 3.74. The quantitative estimate of drug-likeness (QED) is 0.699. The summed E-state index contributed by atoms with van der Waals surface area (Å²) in [6, 6.07) is 7.05. The van der Waals surface area contributed by atoms with Gasteiger partial charge < -0.3 is 10.2 Å². The van der Waals surface area contributed by atoms with Crippen LogP contribution in [0.15, 0.2) is 36.5 Å². The molecule has 0 bridgehead atoms. The fourth-order valence-corrected chi connectivity index (χ4v) is 3.37. The van der Waals surface area contributed by atoms with E-state index in [1.54, 1.807) is 18.3 Å². The molecule has 0 spiro atoms. The van der Waals surface area contributed by atoms with Crippen LogP contribution >= 0.6 is 11.3 Å². The number of hydrogen-bond donors (Lipinski definition) is 1. The van der Waals surface area contributed by atoms with Crippen LogP contribution in [0, 0.1) is 0 Å². The smallest absolute Gasteiger partial charge is 0.363 e. The number of aromatic nitrogens is 2. The molecule has 5 nitrogen and oxygen atoms in total. The van der Waals surface area contributed by atoms with Gasteiger partial charge in [0.05, 0.1) is 32.7 Å². The minimum Gasteiger partial charge on any atom is -0.363 e. The summed E-state index contributed by atoms with van der Waals surface area (Å²) >= 11 is 1.29. The van der Waals surface area contributed by atoms with Crippen LogP contribution in [0.2, 0.25) is 0 Å². The van der Waals surface area contributed by atoms with Gasteiger partial charge in [0.2, 0.25) is 5.91 Å². The van der Waals surface area contributed by atoms with Crippen molar-refractivity contribution < 1.29 is 18.0 Å². The molecule has 27 heavy (non-hydrogen) atoms. The summed E-state index contributed by atoms with van der Waals surface area (Å²) in [5, 5.41) is 3.37. The highest BCUT2D eigenvalue weighted by molar-refractivity contribution is 7.18. The van der Waals surface area contributed by atoms with Gasteiger partial charge in [-0.3, -0.25) is 4.79 Å². The summed E-state index contributed by atoms with van der Waals surface area (Å²) < 4.78 is 39.0. The number of thiazole rings is 1. The average Bonchev–Trinajstić information content (AvgIpc) is 3.02. The molecular weight excluding hydrogens is 377 g/mol. The Morgan fingerprint density at radius 3 is 2.63 bits per heavy atom. The fourth-order valence-electron chi connectivity index (χ4n) is 2.43. The van der Waals surface area contributed by atoms with Crippen LogP contribution in [0.4, 0.5) is 24.7 Å². The van der Waals surface area contributed by atoms with Crippen molar-refractivity contribution in [1.29, 1.82) is 0 Å². The summed E-state index contributed by atoms with van der Waals surface area (Å²) in [6.07, 6.45) is -2.28. The van der Waals surface area contributed by atoms with Crippen molar-refractivity contribution in [1.82, 2.24) is 9.97 Å². The monoisotopic (exact) mass is 394 g/mol. The van der Waals surface area contributed by atoms with Crippen molar-refractivity contribution in [2.75, 3.05) is 24.3 Å². The first-order valence-electron chi connectivity index (χ1n) is 8.12. The standard InChI is InChI=1S/C18H17F3N4OS/c1-25(2)15-6-4-12(10-22-15)23-16(26)7-8-17-24-13-9-11(18(19,20)21)3-5-14(13)27-17/h3-6,9-10H,7-8H2,1-2H3,(H,23,26). The van der Waals surface area contributed by atoms with Crippen LogP contribution in [-0.4, -0.2) is 30.0 Å². The lowest BCUT2D eigenvalue weighted by Gasteiger charge is -2.11. The Bertz CT molecular complexity index is 951. The number of hydrogen-bond acceptors (Lipinski definition) is 5. The number of nitrogens with one attached hydrogen (secondary N) is 1. The van der Waals surface area contributed by atoms with E-state index in [0.717, 1.165) is 18.0 Å². The fraction of sp³-hybridized carbons (Fsp3) is 0.278. The molecule has 0 fully saturated rings. The molecule has 0 aliphatic carbocycles. The number of aryl methyl sites for hydroxylation is 1. The second-order valence-electron chi connectivity index (χ2n) is 6.14. The number of carbonyl (C=O) groups excluding carboxylic acids is 1. The predicted molar refractivity (Wildman–Crippen MR) is 100 cm³/mol. The van der Waals surface area contributed by atoms with E-state index in [9.17, 15) is 18.0 Å². The van der Waals surface area contributed by atoms with Gasteiger partial charge in [0.1, 0.15) is 5.82 Å². The molecule has 0 aliphatic heterocycles. The van der Waals surface area contributed by atoms with E-state index in [2.05, 4.69) is 15.3 Å². The SMILES string of the molecule is CN(C)c1ccc(NC(=O)CCc2nc3cc(C(F)(F)F)ccc3s2)cn1. The van der Waals surface area contributed by atoms with Crippen LogP contribution in [0.3, 0.4) is 0 Å². The number of carbonyl (C=O) groups is 1. The number of benzene rings is 1. The van der Waals surface area contributed by atoms with Gasteiger partial charge in [0.25, 0.3) is 0 Å². The van der Waals surface area contributed by atoms with E-state index in [1.165, 1.54) is 17.4 Å². The highest BCUT2D eigenvalue weighted by Crippen LogP contribution is 2.33.